The number of amides is 3. The number of carbonyl (C=O) groups excluding carboxylic acids is 2. The van der Waals surface area contributed by atoms with Crippen LogP contribution in [0, 0.1) is 17.8 Å². The molecule has 4 bridgehead atoms. The first kappa shape index (κ1) is 22.7. The number of anilines is 2. The first-order valence-electron chi connectivity index (χ1n) is 12.6. The van der Waals surface area contributed by atoms with Crippen molar-refractivity contribution in [3.05, 3.63) is 28.8 Å². The highest BCUT2D eigenvalue weighted by molar-refractivity contribution is 7.15. The number of benzene rings is 1. The van der Waals surface area contributed by atoms with E-state index in [-0.39, 0.29) is 24.5 Å². The Bertz CT molecular complexity index is 1100. The Kier molecular flexibility index (Phi) is 5.88. The van der Waals surface area contributed by atoms with Gasteiger partial charge in [0.1, 0.15) is 23.5 Å². The number of rotatable bonds is 7. The monoisotopic (exact) mass is 497 g/mol. The first-order chi connectivity index (χ1) is 16.9. The van der Waals surface area contributed by atoms with Crippen molar-refractivity contribution in [2.75, 3.05) is 23.8 Å². The van der Waals surface area contributed by atoms with Gasteiger partial charge in [-0.3, -0.25) is 10.1 Å². The Morgan fingerprint density at radius 3 is 2.66 bits per heavy atom. The molecule has 7 rings (SSSR count). The zero-order chi connectivity index (χ0) is 24.0. The Labute approximate surface area is 208 Å². The van der Waals surface area contributed by atoms with Crippen molar-refractivity contribution in [2.24, 2.45) is 17.8 Å². The van der Waals surface area contributed by atoms with E-state index >= 15 is 0 Å². The Morgan fingerprint density at radius 1 is 1.17 bits per heavy atom. The number of urea groups is 1. The minimum atomic E-state index is -0.867. The van der Waals surface area contributed by atoms with E-state index in [0.717, 1.165) is 34.0 Å². The lowest BCUT2D eigenvalue weighted by molar-refractivity contribution is -0.116. The molecule has 0 radical (unpaired) electrons. The largest absolute Gasteiger partial charge is 0.491 e. The molecule has 1 aromatic carbocycles. The smallest absolute Gasteiger partial charge is 0.321 e. The number of hydrogen-bond donors (Lipinski definition) is 4. The number of aliphatic hydroxyl groups excluding tert-OH is 1. The number of aryl methyl sites for hydroxylation is 1. The summed E-state index contributed by atoms with van der Waals surface area (Å²) in [6.45, 7) is 0.0911. The van der Waals surface area contributed by atoms with Crippen LogP contribution in [0.25, 0.3) is 0 Å². The summed E-state index contributed by atoms with van der Waals surface area (Å²) in [7, 11) is 0. The standard InChI is InChI=1S/C25H31N5O4S/c31-18(13-34-19-2-3-20-17(8-19)1-4-21(32)27-20)12-26-23(33)28-24-30-29-22(35-24)25-9-14-5-15(10-25)7-16(6-14)11-25/h2-3,8,14-16,18,31H,1,4-7,9-13H2,(H,27,32)(H2,26,28,30,33). The molecule has 10 heteroatoms. The zero-order valence-corrected chi connectivity index (χ0v) is 20.4. The SMILES string of the molecule is O=C1CCc2cc(OCC(O)CNC(=O)Nc3nnc(C45CC6CC(CC(C6)C4)C5)s3)ccc2N1. The number of fused-ring (bicyclic) bond motifs is 1. The number of carbonyl (C=O) groups is 2. The number of aliphatic hydroxyl groups is 1. The average Bonchev–Trinajstić information content (AvgIpc) is 3.30. The topological polar surface area (TPSA) is 125 Å². The Morgan fingerprint density at radius 2 is 1.91 bits per heavy atom. The van der Waals surface area contributed by atoms with Crippen molar-refractivity contribution in [1.82, 2.24) is 15.5 Å². The molecule has 1 aliphatic heterocycles. The highest BCUT2D eigenvalue weighted by atomic mass is 32.1. The fourth-order valence-corrected chi connectivity index (χ4v) is 7.87. The molecule has 1 unspecified atom stereocenters. The number of nitrogens with one attached hydrogen (secondary N) is 3. The van der Waals surface area contributed by atoms with Crippen LogP contribution in [0.4, 0.5) is 15.6 Å². The molecule has 0 spiro atoms. The van der Waals surface area contributed by atoms with E-state index in [9.17, 15) is 14.7 Å². The molecule has 1 aromatic heterocycles. The van der Waals surface area contributed by atoms with Crippen LogP contribution in [-0.2, 0) is 16.6 Å². The average molecular weight is 498 g/mol. The van der Waals surface area contributed by atoms with Gasteiger partial charge in [0.2, 0.25) is 11.0 Å². The van der Waals surface area contributed by atoms with Crippen molar-refractivity contribution in [3.8, 4) is 5.75 Å². The summed E-state index contributed by atoms with van der Waals surface area (Å²) >= 11 is 1.50. The molecule has 4 saturated carbocycles. The van der Waals surface area contributed by atoms with Crippen molar-refractivity contribution in [2.45, 2.75) is 62.9 Å². The van der Waals surface area contributed by atoms with Gasteiger partial charge in [-0.15, -0.1) is 10.2 Å². The number of aromatic nitrogens is 2. The van der Waals surface area contributed by atoms with Crippen LogP contribution >= 0.6 is 11.3 Å². The molecule has 2 heterocycles. The second-order valence-corrected chi connectivity index (χ2v) is 11.8. The number of nitrogens with zero attached hydrogens (tertiary/aromatic N) is 2. The van der Waals surface area contributed by atoms with Gasteiger partial charge in [0.25, 0.3) is 0 Å². The molecule has 9 nitrogen and oxygen atoms in total. The van der Waals surface area contributed by atoms with Crippen LogP contribution in [0.15, 0.2) is 18.2 Å². The van der Waals surface area contributed by atoms with E-state index in [1.807, 2.05) is 6.07 Å². The van der Waals surface area contributed by atoms with Crippen LogP contribution < -0.4 is 20.7 Å². The van der Waals surface area contributed by atoms with E-state index in [4.69, 9.17) is 4.74 Å². The fourth-order valence-electron chi connectivity index (χ4n) is 6.91. The number of hydrogen-bond acceptors (Lipinski definition) is 7. The maximum Gasteiger partial charge on any atom is 0.321 e. The zero-order valence-electron chi connectivity index (χ0n) is 19.6. The summed E-state index contributed by atoms with van der Waals surface area (Å²) in [5, 5.41) is 28.8. The summed E-state index contributed by atoms with van der Waals surface area (Å²) in [5.41, 5.74) is 1.98. The summed E-state index contributed by atoms with van der Waals surface area (Å²) in [4.78, 5) is 23.8. The van der Waals surface area contributed by atoms with Gasteiger partial charge in [-0.05, 0) is 86.5 Å². The lowest BCUT2D eigenvalue weighted by atomic mass is 9.50. The molecule has 186 valence electrons. The molecular weight excluding hydrogens is 466 g/mol. The van der Waals surface area contributed by atoms with Gasteiger partial charge < -0.3 is 20.5 Å². The van der Waals surface area contributed by atoms with E-state index < -0.39 is 12.1 Å². The first-order valence-corrected chi connectivity index (χ1v) is 13.4. The minimum Gasteiger partial charge on any atom is -0.491 e. The van der Waals surface area contributed by atoms with Gasteiger partial charge in [0, 0.05) is 24.1 Å². The molecule has 4 fully saturated rings. The third kappa shape index (κ3) is 4.73. The second kappa shape index (κ2) is 9.05. The highest BCUT2D eigenvalue weighted by Gasteiger charge is 2.53. The van der Waals surface area contributed by atoms with Crippen molar-refractivity contribution < 1.29 is 19.4 Å². The molecule has 4 aliphatic carbocycles. The van der Waals surface area contributed by atoms with Gasteiger partial charge in [-0.2, -0.15) is 0 Å². The highest BCUT2D eigenvalue weighted by Crippen LogP contribution is 2.61. The predicted molar refractivity (Wildman–Crippen MR) is 132 cm³/mol. The third-order valence-electron chi connectivity index (χ3n) is 8.05. The lowest BCUT2D eigenvalue weighted by Gasteiger charge is -2.55. The minimum absolute atomic E-state index is 0.0171. The normalized spacial score (nSPS) is 29.3. The van der Waals surface area contributed by atoms with Crippen LogP contribution in [0.3, 0.4) is 0 Å². The molecule has 4 N–H and O–H groups in total. The van der Waals surface area contributed by atoms with Crippen molar-refractivity contribution in [1.29, 1.82) is 0 Å². The van der Waals surface area contributed by atoms with Gasteiger partial charge in [0.15, 0.2) is 0 Å². The molecular formula is C25H31N5O4S. The predicted octanol–water partition coefficient (Wildman–Crippen LogP) is 3.45. The van der Waals surface area contributed by atoms with Gasteiger partial charge in [-0.1, -0.05) is 11.3 Å². The fraction of sp³-hybridized carbons (Fsp3) is 0.600. The molecule has 1 atom stereocenters. The van der Waals surface area contributed by atoms with E-state index in [2.05, 4.69) is 26.1 Å². The maximum absolute atomic E-state index is 12.4. The quantitative estimate of drug-likeness (QED) is 0.464. The Balaban J connectivity index is 0.972. The summed E-state index contributed by atoms with van der Waals surface area (Å²) < 4.78 is 5.68. The molecule has 2 aromatic rings. The second-order valence-electron chi connectivity index (χ2n) is 10.8. The van der Waals surface area contributed by atoms with E-state index in [1.54, 1.807) is 12.1 Å². The molecule has 3 amide bonds. The van der Waals surface area contributed by atoms with Gasteiger partial charge in [-0.25, -0.2) is 4.79 Å². The van der Waals surface area contributed by atoms with Crippen LogP contribution in [-0.4, -0.2) is 46.5 Å². The van der Waals surface area contributed by atoms with E-state index in [1.165, 1.54) is 49.9 Å². The van der Waals surface area contributed by atoms with Gasteiger partial charge in [0.05, 0.1) is 0 Å². The van der Waals surface area contributed by atoms with Gasteiger partial charge >= 0.3 is 6.03 Å². The third-order valence-corrected chi connectivity index (χ3v) is 9.14. The van der Waals surface area contributed by atoms with Crippen molar-refractivity contribution in [3.63, 3.8) is 0 Å². The number of ether oxygens (including phenoxy) is 1. The summed E-state index contributed by atoms with van der Waals surface area (Å²) in [6.07, 6.45) is 8.02. The Hall–Kier alpha value is -2.72. The summed E-state index contributed by atoms with van der Waals surface area (Å²) in [6, 6.07) is 5.02. The van der Waals surface area contributed by atoms with Crippen LogP contribution in [0.5, 0.6) is 5.75 Å². The summed E-state index contributed by atoms with van der Waals surface area (Å²) in [5.74, 6) is 3.13. The lowest BCUT2D eigenvalue weighted by Crippen LogP contribution is -2.48. The molecule has 5 aliphatic rings. The van der Waals surface area contributed by atoms with Crippen molar-refractivity contribution >= 4 is 34.1 Å². The maximum atomic E-state index is 12.4. The van der Waals surface area contributed by atoms with Crippen LogP contribution in [0.1, 0.15) is 55.5 Å². The van der Waals surface area contributed by atoms with E-state index in [0.29, 0.717) is 23.7 Å². The molecule has 35 heavy (non-hydrogen) atoms. The molecule has 0 saturated heterocycles. The van der Waals surface area contributed by atoms with Crippen LogP contribution in [0.2, 0.25) is 0 Å².